The number of fused-ring (bicyclic) bond motifs is 5. The number of hydrogen-bond acceptors (Lipinski definition) is 5. The van der Waals surface area contributed by atoms with Crippen LogP contribution in [0.1, 0.15) is 33.6 Å². The van der Waals surface area contributed by atoms with Gasteiger partial charge in [-0.3, -0.25) is 4.79 Å². The van der Waals surface area contributed by atoms with Gasteiger partial charge < -0.3 is 14.2 Å². The third-order valence-corrected chi connectivity index (χ3v) is 5.74. The molecule has 22 heavy (non-hydrogen) atoms. The first-order chi connectivity index (χ1) is 10.3. The van der Waals surface area contributed by atoms with E-state index in [-0.39, 0.29) is 47.7 Å². The molecule has 0 aromatic heterocycles. The van der Waals surface area contributed by atoms with Crippen LogP contribution in [0.25, 0.3) is 0 Å². The fraction of sp³-hybridized carbons (Fsp3) is 0.647. The molecule has 1 saturated carbocycles. The standard InChI is InChI=1S/C17H20O5/c1-7-5-11(20-9(3)18)13-8(2)16(19)21-15(13)14-10(7)6-12-17(14,4)22-12/h11-15H,2,5-6H2,1,3-4H3. The Balaban J connectivity index is 1.79. The number of ether oxygens (including phenoxy) is 3. The first kappa shape index (κ1) is 14.0. The van der Waals surface area contributed by atoms with E-state index >= 15 is 0 Å². The molecule has 2 aliphatic heterocycles. The molecule has 0 bridgehead atoms. The van der Waals surface area contributed by atoms with E-state index in [9.17, 15) is 9.59 Å². The summed E-state index contributed by atoms with van der Waals surface area (Å²) in [6, 6.07) is 0. The molecule has 2 saturated heterocycles. The predicted octanol–water partition coefficient (Wildman–Crippen LogP) is 1.91. The van der Waals surface area contributed by atoms with Crippen molar-refractivity contribution in [2.45, 2.75) is 57.5 Å². The molecule has 5 heteroatoms. The summed E-state index contributed by atoms with van der Waals surface area (Å²) in [4.78, 5) is 23.5. The van der Waals surface area contributed by atoms with Crippen LogP contribution in [-0.2, 0) is 23.8 Å². The van der Waals surface area contributed by atoms with Gasteiger partial charge in [0.2, 0.25) is 0 Å². The van der Waals surface area contributed by atoms with Crippen molar-refractivity contribution in [3.05, 3.63) is 23.3 Å². The molecular weight excluding hydrogens is 284 g/mol. The monoisotopic (exact) mass is 304 g/mol. The summed E-state index contributed by atoms with van der Waals surface area (Å²) in [7, 11) is 0. The number of rotatable bonds is 1. The molecule has 0 spiro atoms. The molecule has 2 aliphatic carbocycles. The SMILES string of the molecule is C=C1C(=O)OC2C1C(OC(C)=O)CC(C)=C1CC3OC3(C)C12. The second-order valence-corrected chi connectivity index (χ2v) is 7.05. The Morgan fingerprint density at radius 2 is 2.14 bits per heavy atom. The van der Waals surface area contributed by atoms with Gasteiger partial charge in [-0.15, -0.1) is 0 Å². The first-order valence-electron chi connectivity index (χ1n) is 7.76. The van der Waals surface area contributed by atoms with Crippen LogP contribution in [0.5, 0.6) is 0 Å². The summed E-state index contributed by atoms with van der Waals surface area (Å²) in [6.45, 7) is 9.45. The highest BCUT2D eigenvalue weighted by Crippen LogP contribution is 2.62. The zero-order valence-corrected chi connectivity index (χ0v) is 13.0. The maximum absolute atomic E-state index is 12.1. The number of hydrogen-bond donors (Lipinski definition) is 0. The zero-order valence-electron chi connectivity index (χ0n) is 13.0. The van der Waals surface area contributed by atoms with Gasteiger partial charge >= 0.3 is 11.9 Å². The minimum Gasteiger partial charge on any atom is -0.461 e. The number of carbonyl (C=O) groups is 2. The van der Waals surface area contributed by atoms with Gasteiger partial charge in [0, 0.05) is 24.8 Å². The third kappa shape index (κ3) is 1.69. The van der Waals surface area contributed by atoms with E-state index in [1.165, 1.54) is 18.1 Å². The normalized spacial score (nSPS) is 45.7. The quantitative estimate of drug-likeness (QED) is 0.320. The first-order valence-corrected chi connectivity index (χ1v) is 7.76. The van der Waals surface area contributed by atoms with Crippen LogP contribution in [0.3, 0.4) is 0 Å². The second-order valence-electron chi connectivity index (χ2n) is 7.05. The van der Waals surface area contributed by atoms with Gasteiger partial charge in [0.05, 0.1) is 12.0 Å². The van der Waals surface area contributed by atoms with Crippen molar-refractivity contribution in [1.29, 1.82) is 0 Å². The highest BCUT2D eigenvalue weighted by molar-refractivity contribution is 5.91. The van der Waals surface area contributed by atoms with E-state index in [0.717, 1.165) is 6.42 Å². The summed E-state index contributed by atoms with van der Waals surface area (Å²) in [5.74, 6) is -0.953. The van der Waals surface area contributed by atoms with Crippen molar-refractivity contribution in [2.75, 3.05) is 0 Å². The predicted molar refractivity (Wildman–Crippen MR) is 76.8 cm³/mol. The van der Waals surface area contributed by atoms with E-state index in [1.54, 1.807) is 0 Å². The van der Waals surface area contributed by atoms with Crippen molar-refractivity contribution in [3.8, 4) is 0 Å². The Morgan fingerprint density at radius 3 is 2.82 bits per heavy atom. The van der Waals surface area contributed by atoms with Crippen LogP contribution >= 0.6 is 0 Å². The van der Waals surface area contributed by atoms with Gasteiger partial charge in [-0.05, 0) is 20.3 Å². The average molecular weight is 304 g/mol. The molecule has 0 aromatic carbocycles. The molecule has 6 atom stereocenters. The third-order valence-electron chi connectivity index (χ3n) is 5.74. The Kier molecular flexibility index (Phi) is 2.69. The van der Waals surface area contributed by atoms with Crippen molar-refractivity contribution in [2.24, 2.45) is 11.8 Å². The Labute approximate surface area is 129 Å². The highest BCUT2D eigenvalue weighted by Gasteiger charge is 2.70. The molecule has 5 nitrogen and oxygen atoms in total. The second kappa shape index (κ2) is 4.22. The lowest BCUT2D eigenvalue weighted by molar-refractivity contribution is -0.150. The van der Waals surface area contributed by atoms with Crippen molar-refractivity contribution < 1.29 is 23.8 Å². The number of esters is 2. The smallest absolute Gasteiger partial charge is 0.334 e. The van der Waals surface area contributed by atoms with E-state index in [2.05, 4.69) is 20.4 Å². The van der Waals surface area contributed by atoms with E-state index < -0.39 is 0 Å². The molecule has 4 aliphatic rings. The lowest BCUT2D eigenvalue weighted by Crippen LogP contribution is -2.39. The summed E-state index contributed by atoms with van der Waals surface area (Å²) in [5.41, 5.74) is 2.70. The van der Waals surface area contributed by atoms with E-state index in [4.69, 9.17) is 14.2 Å². The van der Waals surface area contributed by atoms with Crippen LogP contribution in [0, 0.1) is 11.8 Å². The van der Waals surface area contributed by atoms with Gasteiger partial charge in [0.15, 0.2) is 0 Å². The fourth-order valence-corrected chi connectivity index (χ4v) is 4.63. The van der Waals surface area contributed by atoms with E-state index in [1.807, 2.05) is 0 Å². The van der Waals surface area contributed by atoms with Crippen LogP contribution in [0.2, 0.25) is 0 Å². The maximum Gasteiger partial charge on any atom is 0.334 e. The Hall–Kier alpha value is -1.62. The summed E-state index contributed by atoms with van der Waals surface area (Å²) >= 11 is 0. The largest absolute Gasteiger partial charge is 0.461 e. The molecule has 2 heterocycles. The van der Waals surface area contributed by atoms with Crippen LogP contribution in [0.15, 0.2) is 23.3 Å². The fourth-order valence-electron chi connectivity index (χ4n) is 4.63. The minimum absolute atomic E-state index is 0.0475. The topological polar surface area (TPSA) is 65.1 Å². The van der Waals surface area contributed by atoms with Crippen LogP contribution in [-0.4, -0.2) is 35.9 Å². The van der Waals surface area contributed by atoms with Gasteiger partial charge in [0.25, 0.3) is 0 Å². The number of epoxide rings is 1. The maximum atomic E-state index is 12.1. The minimum atomic E-state index is -0.389. The molecular formula is C17H20O5. The molecule has 6 unspecified atom stereocenters. The molecule has 118 valence electrons. The molecule has 0 N–H and O–H groups in total. The van der Waals surface area contributed by atoms with Crippen molar-refractivity contribution >= 4 is 11.9 Å². The molecule has 0 radical (unpaired) electrons. The van der Waals surface area contributed by atoms with E-state index in [0.29, 0.717) is 12.0 Å². The molecule has 3 fully saturated rings. The van der Waals surface area contributed by atoms with Crippen LogP contribution < -0.4 is 0 Å². The summed E-state index contributed by atoms with van der Waals surface area (Å²) in [6.07, 6.45) is 1.01. The summed E-state index contributed by atoms with van der Waals surface area (Å²) in [5, 5.41) is 0. The van der Waals surface area contributed by atoms with Crippen molar-refractivity contribution in [1.82, 2.24) is 0 Å². The van der Waals surface area contributed by atoms with Gasteiger partial charge in [-0.25, -0.2) is 4.79 Å². The lowest BCUT2D eigenvalue weighted by Gasteiger charge is -2.29. The highest BCUT2D eigenvalue weighted by atomic mass is 16.6. The summed E-state index contributed by atoms with van der Waals surface area (Å²) < 4.78 is 17.0. The average Bonchev–Trinajstić information content (AvgIpc) is 2.88. The molecule has 0 aromatic rings. The number of carbonyl (C=O) groups excluding carboxylic acids is 2. The lowest BCUT2D eigenvalue weighted by atomic mass is 9.80. The van der Waals surface area contributed by atoms with Gasteiger partial charge in [0.1, 0.15) is 17.8 Å². The van der Waals surface area contributed by atoms with Gasteiger partial charge in [-0.2, -0.15) is 0 Å². The Morgan fingerprint density at radius 1 is 1.41 bits per heavy atom. The van der Waals surface area contributed by atoms with Crippen LogP contribution in [0.4, 0.5) is 0 Å². The zero-order chi connectivity index (χ0) is 15.8. The molecule has 0 amide bonds. The Bertz CT molecular complexity index is 633. The van der Waals surface area contributed by atoms with Gasteiger partial charge in [-0.1, -0.05) is 17.7 Å². The van der Waals surface area contributed by atoms with Crippen molar-refractivity contribution in [3.63, 3.8) is 0 Å². The molecule has 4 rings (SSSR count).